The third-order valence-electron chi connectivity index (χ3n) is 6.02. The Morgan fingerprint density at radius 2 is 1.92 bits per heavy atom. The van der Waals surface area contributed by atoms with Crippen LogP contribution in [0.2, 0.25) is 0 Å². The van der Waals surface area contributed by atoms with Gasteiger partial charge < -0.3 is 20.2 Å². The molecule has 1 heterocycles. The van der Waals surface area contributed by atoms with E-state index in [-0.39, 0.29) is 0 Å². The largest absolute Gasteiger partial charge is 0.506 e. The van der Waals surface area contributed by atoms with Crippen molar-refractivity contribution in [2.45, 2.75) is 32.6 Å². The lowest BCUT2D eigenvalue weighted by Gasteiger charge is -2.38. The van der Waals surface area contributed by atoms with Crippen LogP contribution in [-0.4, -0.2) is 55.2 Å². The number of piperazine rings is 1. The molecule has 3 fully saturated rings. The van der Waals surface area contributed by atoms with E-state index in [0.717, 1.165) is 56.8 Å². The van der Waals surface area contributed by atoms with E-state index >= 15 is 0 Å². The second-order valence-corrected chi connectivity index (χ2v) is 7.77. The van der Waals surface area contributed by atoms with Gasteiger partial charge in [-0.3, -0.25) is 4.99 Å². The maximum Gasteiger partial charge on any atom is 0.194 e. The number of hydrogen-bond donors (Lipinski definition) is 2. The van der Waals surface area contributed by atoms with Gasteiger partial charge in [-0.05, 0) is 56.1 Å². The van der Waals surface area contributed by atoms with Gasteiger partial charge in [0.15, 0.2) is 5.96 Å². The van der Waals surface area contributed by atoms with Gasteiger partial charge in [0, 0.05) is 39.3 Å². The van der Waals surface area contributed by atoms with Gasteiger partial charge in [0.05, 0.1) is 5.69 Å². The van der Waals surface area contributed by atoms with Crippen molar-refractivity contribution in [3.8, 4) is 5.75 Å². The van der Waals surface area contributed by atoms with Gasteiger partial charge in [-0.25, -0.2) is 0 Å². The van der Waals surface area contributed by atoms with Crippen LogP contribution >= 0.6 is 0 Å². The molecule has 1 saturated heterocycles. The molecule has 3 aliphatic rings. The molecule has 5 heteroatoms. The first-order valence-electron chi connectivity index (χ1n) is 9.78. The molecule has 136 valence electrons. The van der Waals surface area contributed by atoms with Crippen LogP contribution in [0.15, 0.2) is 29.3 Å². The first-order chi connectivity index (χ1) is 12.2. The van der Waals surface area contributed by atoms with Crippen LogP contribution in [0.5, 0.6) is 5.75 Å². The fourth-order valence-electron chi connectivity index (χ4n) is 4.10. The number of nitrogens with zero attached hydrogens (tertiary/aromatic N) is 3. The summed E-state index contributed by atoms with van der Waals surface area (Å²) in [4.78, 5) is 9.66. The van der Waals surface area contributed by atoms with Crippen molar-refractivity contribution in [1.82, 2.24) is 10.2 Å². The summed E-state index contributed by atoms with van der Waals surface area (Å²) in [5.41, 5.74) is 1.49. The van der Waals surface area contributed by atoms with Gasteiger partial charge in [0.1, 0.15) is 5.75 Å². The SMILES string of the molecule is CCNC(=NCC1(C2CC2)CC1)N1CCN(c2ccccc2O)CC1. The highest BCUT2D eigenvalue weighted by molar-refractivity contribution is 5.80. The molecule has 2 saturated carbocycles. The second-order valence-electron chi connectivity index (χ2n) is 7.77. The number of hydrogen-bond acceptors (Lipinski definition) is 3. The van der Waals surface area contributed by atoms with Gasteiger partial charge >= 0.3 is 0 Å². The number of guanidine groups is 1. The second kappa shape index (κ2) is 6.77. The number of aliphatic imine (C=N–C) groups is 1. The minimum atomic E-state index is 0.372. The monoisotopic (exact) mass is 342 g/mol. The van der Waals surface area contributed by atoms with Crippen LogP contribution in [0.4, 0.5) is 5.69 Å². The Hall–Kier alpha value is -1.91. The van der Waals surface area contributed by atoms with Gasteiger partial charge in [0.2, 0.25) is 0 Å². The number of benzene rings is 1. The molecule has 0 amide bonds. The Labute approximate surface area is 150 Å². The van der Waals surface area contributed by atoms with Crippen molar-refractivity contribution in [3.05, 3.63) is 24.3 Å². The van der Waals surface area contributed by atoms with Gasteiger partial charge in [-0.1, -0.05) is 12.1 Å². The Morgan fingerprint density at radius 3 is 2.52 bits per heavy atom. The predicted octanol–water partition coefficient (Wildman–Crippen LogP) is 2.67. The lowest BCUT2D eigenvalue weighted by Crippen LogP contribution is -2.52. The van der Waals surface area contributed by atoms with Crippen molar-refractivity contribution in [3.63, 3.8) is 0 Å². The summed E-state index contributed by atoms with van der Waals surface area (Å²) in [5, 5.41) is 13.6. The molecule has 2 aliphatic carbocycles. The number of nitrogens with one attached hydrogen (secondary N) is 1. The lowest BCUT2D eigenvalue weighted by molar-refractivity contribution is 0.365. The van der Waals surface area contributed by atoms with E-state index < -0.39 is 0 Å². The Bertz CT molecular complexity index is 628. The minimum Gasteiger partial charge on any atom is -0.506 e. The molecule has 0 unspecified atom stereocenters. The Kier molecular flexibility index (Phi) is 4.48. The lowest BCUT2D eigenvalue weighted by atomic mass is 10.0. The van der Waals surface area contributed by atoms with Crippen LogP contribution < -0.4 is 10.2 Å². The molecule has 25 heavy (non-hydrogen) atoms. The minimum absolute atomic E-state index is 0.372. The van der Waals surface area contributed by atoms with Crippen molar-refractivity contribution in [2.24, 2.45) is 16.3 Å². The van der Waals surface area contributed by atoms with Gasteiger partial charge in [-0.15, -0.1) is 0 Å². The fourth-order valence-corrected chi connectivity index (χ4v) is 4.10. The molecule has 0 aromatic heterocycles. The molecular formula is C20H30N4O. The molecule has 5 nitrogen and oxygen atoms in total. The average molecular weight is 342 g/mol. The highest BCUT2D eigenvalue weighted by atomic mass is 16.3. The first kappa shape index (κ1) is 16.6. The highest BCUT2D eigenvalue weighted by Crippen LogP contribution is 2.61. The summed E-state index contributed by atoms with van der Waals surface area (Å²) < 4.78 is 0. The maximum absolute atomic E-state index is 10.1. The zero-order chi connectivity index (χ0) is 17.3. The van der Waals surface area contributed by atoms with Gasteiger partial charge in [0.25, 0.3) is 0 Å². The topological polar surface area (TPSA) is 51.1 Å². The van der Waals surface area contributed by atoms with Crippen molar-refractivity contribution < 1.29 is 5.11 Å². The summed E-state index contributed by atoms with van der Waals surface area (Å²) in [6.45, 7) is 7.76. The van der Waals surface area contributed by atoms with E-state index in [1.165, 1.54) is 25.7 Å². The van der Waals surface area contributed by atoms with Crippen LogP contribution in [0.25, 0.3) is 0 Å². The number of anilines is 1. The van der Waals surface area contributed by atoms with Crippen LogP contribution in [0, 0.1) is 11.3 Å². The number of rotatable bonds is 5. The van der Waals surface area contributed by atoms with E-state index in [4.69, 9.17) is 4.99 Å². The normalized spacial score (nSPS) is 22.8. The fraction of sp³-hybridized carbons (Fsp3) is 0.650. The number of para-hydroxylation sites is 2. The Morgan fingerprint density at radius 1 is 1.20 bits per heavy atom. The molecule has 2 N–H and O–H groups in total. The Balaban J connectivity index is 1.38. The third-order valence-corrected chi connectivity index (χ3v) is 6.02. The molecule has 1 aliphatic heterocycles. The first-order valence-corrected chi connectivity index (χ1v) is 9.78. The molecule has 0 radical (unpaired) electrons. The standard InChI is InChI=1S/C20H30N4O/c1-2-21-19(22-15-20(9-10-20)16-7-8-16)24-13-11-23(12-14-24)17-5-3-4-6-18(17)25/h3-6,16,25H,2,7-15H2,1H3,(H,21,22). The molecule has 0 bridgehead atoms. The van der Waals surface area contributed by atoms with Crippen molar-refractivity contribution in [2.75, 3.05) is 44.2 Å². The molecule has 0 spiro atoms. The van der Waals surface area contributed by atoms with Crippen LogP contribution in [0.3, 0.4) is 0 Å². The summed E-state index contributed by atoms with van der Waals surface area (Å²) in [5.74, 6) is 2.40. The quantitative estimate of drug-likeness (QED) is 0.638. The average Bonchev–Trinajstić information content (AvgIpc) is 3.53. The van der Waals surface area contributed by atoms with E-state index in [9.17, 15) is 5.11 Å². The summed E-state index contributed by atoms with van der Waals surface area (Å²) in [7, 11) is 0. The highest BCUT2D eigenvalue weighted by Gasteiger charge is 2.53. The van der Waals surface area contributed by atoms with E-state index in [2.05, 4.69) is 22.0 Å². The van der Waals surface area contributed by atoms with Crippen LogP contribution in [-0.2, 0) is 0 Å². The predicted molar refractivity (Wildman–Crippen MR) is 102 cm³/mol. The van der Waals surface area contributed by atoms with E-state index in [1.807, 2.05) is 18.2 Å². The maximum atomic E-state index is 10.1. The zero-order valence-electron chi connectivity index (χ0n) is 15.2. The zero-order valence-corrected chi connectivity index (χ0v) is 15.2. The molecule has 1 aromatic rings. The van der Waals surface area contributed by atoms with E-state index in [1.54, 1.807) is 6.07 Å². The van der Waals surface area contributed by atoms with Gasteiger partial charge in [-0.2, -0.15) is 0 Å². The summed E-state index contributed by atoms with van der Waals surface area (Å²) in [6.07, 6.45) is 5.60. The molecule has 0 atom stereocenters. The third kappa shape index (κ3) is 3.55. The van der Waals surface area contributed by atoms with Crippen molar-refractivity contribution >= 4 is 11.6 Å². The molecular weight excluding hydrogens is 312 g/mol. The van der Waals surface area contributed by atoms with E-state index in [0.29, 0.717) is 11.2 Å². The summed E-state index contributed by atoms with van der Waals surface area (Å²) in [6, 6.07) is 7.62. The van der Waals surface area contributed by atoms with Crippen molar-refractivity contribution in [1.29, 1.82) is 0 Å². The van der Waals surface area contributed by atoms with Crippen LogP contribution in [0.1, 0.15) is 32.6 Å². The number of aromatic hydroxyl groups is 1. The number of phenolic OH excluding ortho intramolecular Hbond substituents is 1. The summed E-state index contributed by atoms with van der Waals surface area (Å²) >= 11 is 0. The molecule has 1 aromatic carbocycles. The number of phenols is 1. The molecule has 4 rings (SSSR count). The smallest absolute Gasteiger partial charge is 0.194 e.